The Bertz CT molecular complexity index is 506. The quantitative estimate of drug-likeness (QED) is 0.786. The first kappa shape index (κ1) is 10.5. The fraction of sp³-hybridized carbons (Fsp3) is 0.273. The van der Waals surface area contributed by atoms with E-state index in [4.69, 9.17) is 4.52 Å². The van der Waals surface area contributed by atoms with E-state index in [1.54, 1.807) is 12.1 Å². The molecule has 0 unspecified atom stereocenters. The third kappa shape index (κ3) is 1.60. The molecular formula is C11H12N2O3. The van der Waals surface area contributed by atoms with Crippen LogP contribution in [0.1, 0.15) is 21.9 Å². The van der Waals surface area contributed by atoms with E-state index in [1.165, 1.54) is 7.11 Å². The van der Waals surface area contributed by atoms with Gasteiger partial charge in [0.25, 0.3) is 0 Å². The first-order valence-electron chi connectivity index (χ1n) is 4.84. The van der Waals surface area contributed by atoms with Gasteiger partial charge in [-0.05, 0) is 26.0 Å². The molecule has 0 amide bonds. The van der Waals surface area contributed by atoms with E-state index < -0.39 is 5.97 Å². The summed E-state index contributed by atoms with van der Waals surface area (Å²) < 4.78 is 9.68. The van der Waals surface area contributed by atoms with Crippen molar-refractivity contribution in [1.29, 1.82) is 0 Å². The van der Waals surface area contributed by atoms with Gasteiger partial charge in [-0.3, -0.25) is 0 Å². The topological polar surface area (TPSA) is 68.1 Å². The molecule has 0 atom stereocenters. The number of rotatable bonds is 2. The van der Waals surface area contributed by atoms with Crippen LogP contribution in [0.2, 0.25) is 0 Å². The Morgan fingerprint density at radius 1 is 1.44 bits per heavy atom. The van der Waals surface area contributed by atoms with Gasteiger partial charge in [0.05, 0.1) is 24.1 Å². The molecule has 0 saturated carbocycles. The number of hydrogen-bond acceptors (Lipinski definition) is 4. The Hall–Kier alpha value is -2.04. The van der Waals surface area contributed by atoms with Gasteiger partial charge in [-0.1, -0.05) is 5.16 Å². The first-order chi connectivity index (χ1) is 7.63. The molecule has 0 aliphatic rings. The number of H-pyrrole nitrogens is 1. The smallest absolute Gasteiger partial charge is 0.354 e. The summed E-state index contributed by atoms with van der Waals surface area (Å²) >= 11 is 0. The maximum atomic E-state index is 11.3. The minimum atomic E-state index is -0.391. The van der Waals surface area contributed by atoms with Crippen LogP contribution in [0, 0.1) is 13.8 Å². The maximum Gasteiger partial charge on any atom is 0.354 e. The van der Waals surface area contributed by atoms with E-state index in [1.807, 2.05) is 13.8 Å². The second-order valence-corrected chi connectivity index (χ2v) is 3.48. The van der Waals surface area contributed by atoms with Crippen LogP contribution in [0.25, 0.3) is 11.3 Å². The van der Waals surface area contributed by atoms with Gasteiger partial charge in [-0.2, -0.15) is 0 Å². The fourth-order valence-corrected chi connectivity index (χ4v) is 1.64. The normalized spacial score (nSPS) is 10.4. The molecule has 0 aromatic carbocycles. The molecule has 0 radical (unpaired) electrons. The molecule has 5 heteroatoms. The zero-order valence-electron chi connectivity index (χ0n) is 9.33. The van der Waals surface area contributed by atoms with Crippen molar-refractivity contribution in [3.8, 4) is 11.3 Å². The number of aromatic nitrogens is 2. The first-order valence-corrected chi connectivity index (χ1v) is 4.84. The monoisotopic (exact) mass is 220 g/mol. The van der Waals surface area contributed by atoms with Gasteiger partial charge in [0, 0.05) is 0 Å². The summed E-state index contributed by atoms with van der Waals surface area (Å²) in [4.78, 5) is 14.2. The van der Waals surface area contributed by atoms with Crippen molar-refractivity contribution in [2.45, 2.75) is 13.8 Å². The molecule has 0 bridgehead atoms. The zero-order valence-corrected chi connectivity index (χ0v) is 9.33. The summed E-state index contributed by atoms with van der Waals surface area (Å²) in [6.07, 6.45) is 0. The maximum absolute atomic E-state index is 11.3. The van der Waals surface area contributed by atoms with E-state index in [-0.39, 0.29) is 0 Å². The Morgan fingerprint density at radius 3 is 2.75 bits per heavy atom. The lowest BCUT2D eigenvalue weighted by Crippen LogP contribution is -2.01. The second kappa shape index (κ2) is 3.84. The third-order valence-corrected chi connectivity index (χ3v) is 2.39. The highest BCUT2D eigenvalue weighted by molar-refractivity contribution is 5.88. The van der Waals surface area contributed by atoms with Crippen molar-refractivity contribution in [3.63, 3.8) is 0 Å². The van der Waals surface area contributed by atoms with Gasteiger partial charge in [-0.15, -0.1) is 0 Å². The summed E-state index contributed by atoms with van der Waals surface area (Å²) in [5.41, 5.74) is 2.89. The molecule has 0 aliphatic heterocycles. The number of carbonyl (C=O) groups is 1. The Kier molecular flexibility index (Phi) is 2.52. The molecule has 0 fully saturated rings. The van der Waals surface area contributed by atoms with Crippen LogP contribution < -0.4 is 0 Å². The number of hydrogen-bond donors (Lipinski definition) is 1. The van der Waals surface area contributed by atoms with Crippen molar-refractivity contribution in [1.82, 2.24) is 10.1 Å². The van der Waals surface area contributed by atoms with E-state index in [2.05, 4.69) is 14.9 Å². The summed E-state index contributed by atoms with van der Waals surface area (Å²) in [7, 11) is 1.35. The van der Waals surface area contributed by atoms with Crippen molar-refractivity contribution in [3.05, 3.63) is 29.3 Å². The summed E-state index contributed by atoms with van der Waals surface area (Å²) in [5.74, 6) is 0.328. The molecule has 0 aliphatic carbocycles. The Balaban J connectivity index is 2.43. The van der Waals surface area contributed by atoms with Gasteiger partial charge in [0.2, 0.25) is 0 Å². The van der Waals surface area contributed by atoms with E-state index in [0.717, 1.165) is 22.7 Å². The molecule has 84 valence electrons. The molecule has 0 spiro atoms. The minimum Gasteiger partial charge on any atom is -0.464 e. The van der Waals surface area contributed by atoms with Gasteiger partial charge >= 0.3 is 5.97 Å². The highest BCUT2D eigenvalue weighted by atomic mass is 16.5. The van der Waals surface area contributed by atoms with Crippen LogP contribution in [-0.4, -0.2) is 23.2 Å². The molecule has 1 N–H and O–H groups in total. The minimum absolute atomic E-state index is 0.391. The number of ether oxygens (including phenoxy) is 1. The van der Waals surface area contributed by atoms with Crippen molar-refractivity contribution in [2.24, 2.45) is 0 Å². The number of carbonyl (C=O) groups excluding carboxylic acids is 1. The zero-order chi connectivity index (χ0) is 11.7. The molecule has 2 rings (SSSR count). The largest absolute Gasteiger partial charge is 0.464 e. The molecule has 0 saturated heterocycles. The summed E-state index contributed by atoms with van der Waals surface area (Å²) in [6.45, 7) is 3.68. The van der Waals surface area contributed by atoms with Gasteiger partial charge < -0.3 is 14.2 Å². The lowest BCUT2D eigenvalue weighted by atomic mass is 10.1. The highest BCUT2D eigenvalue weighted by Crippen LogP contribution is 2.25. The van der Waals surface area contributed by atoms with Crippen LogP contribution in [0.3, 0.4) is 0 Å². The number of aryl methyl sites for hydroxylation is 2. The fourth-order valence-electron chi connectivity index (χ4n) is 1.64. The predicted molar refractivity (Wildman–Crippen MR) is 57.1 cm³/mol. The molecule has 5 nitrogen and oxygen atoms in total. The molecule has 2 heterocycles. The van der Waals surface area contributed by atoms with Crippen LogP contribution in [0.15, 0.2) is 16.7 Å². The lowest BCUT2D eigenvalue weighted by molar-refractivity contribution is 0.0595. The Labute approximate surface area is 92.4 Å². The second-order valence-electron chi connectivity index (χ2n) is 3.48. The predicted octanol–water partition coefficient (Wildman–Crippen LogP) is 2.07. The van der Waals surface area contributed by atoms with Crippen LogP contribution in [0.4, 0.5) is 0 Å². The number of methoxy groups -OCH3 is 1. The van der Waals surface area contributed by atoms with E-state index >= 15 is 0 Å². The number of aromatic amines is 1. The number of esters is 1. The average molecular weight is 220 g/mol. The number of nitrogens with one attached hydrogen (secondary N) is 1. The molecule has 2 aromatic heterocycles. The van der Waals surface area contributed by atoms with Gasteiger partial charge in [-0.25, -0.2) is 4.79 Å². The standard InChI is InChI=1S/C11H12N2O3/c1-6-10(7(2)16-13-6)8-4-5-9(12-8)11(14)15-3/h4-5,12H,1-3H3. The van der Waals surface area contributed by atoms with Crippen LogP contribution in [-0.2, 0) is 4.74 Å². The van der Waals surface area contributed by atoms with Crippen molar-refractivity contribution in [2.75, 3.05) is 7.11 Å². The Morgan fingerprint density at radius 2 is 2.19 bits per heavy atom. The molecule has 2 aromatic rings. The van der Waals surface area contributed by atoms with Crippen LogP contribution in [0.5, 0.6) is 0 Å². The molecule has 16 heavy (non-hydrogen) atoms. The highest BCUT2D eigenvalue weighted by Gasteiger charge is 2.15. The van der Waals surface area contributed by atoms with E-state index in [0.29, 0.717) is 5.69 Å². The summed E-state index contributed by atoms with van der Waals surface area (Å²) in [5, 5.41) is 3.86. The van der Waals surface area contributed by atoms with E-state index in [9.17, 15) is 4.79 Å². The van der Waals surface area contributed by atoms with Gasteiger partial charge in [0.1, 0.15) is 11.5 Å². The average Bonchev–Trinajstić information content (AvgIpc) is 2.85. The third-order valence-electron chi connectivity index (χ3n) is 2.39. The van der Waals surface area contributed by atoms with Crippen molar-refractivity contribution < 1.29 is 14.1 Å². The SMILES string of the molecule is COC(=O)c1ccc(-c2c(C)noc2C)[nH]1. The van der Waals surface area contributed by atoms with Gasteiger partial charge in [0.15, 0.2) is 0 Å². The number of nitrogens with zero attached hydrogens (tertiary/aromatic N) is 1. The van der Waals surface area contributed by atoms with Crippen molar-refractivity contribution >= 4 is 5.97 Å². The lowest BCUT2D eigenvalue weighted by Gasteiger charge is -1.96. The van der Waals surface area contributed by atoms with Crippen LogP contribution >= 0.6 is 0 Å². The molecular weight excluding hydrogens is 208 g/mol. The summed E-state index contributed by atoms with van der Waals surface area (Å²) in [6, 6.07) is 3.48.